The molecule has 1 aromatic carbocycles. The number of benzene rings is 1. The minimum absolute atomic E-state index is 0.0768. The van der Waals surface area contributed by atoms with E-state index in [1.807, 2.05) is 36.1 Å². The first kappa shape index (κ1) is 44.4. The standard InChI is InChI=1S/C48H69Cl2N3O6/c1-28(2)41-38(54)26-48(52-45(58)53(24-23-51-22-8-7-21-49)27-31-9-11-32(50)12-10-31)20-16-37-33(42(41)48)13-14-40-46(5)19-17-39(30(4)36(46)15-18-47(37,40)6)59-44(57)35-25-34(29(35)3)43(55)56/h9-12,28-30,33-37,39-40,51H,7-8,13-27H2,1-6H3,(H,52,58)(H,55,56). The van der Waals surface area contributed by atoms with Crippen molar-refractivity contribution in [2.45, 2.75) is 137 Å². The predicted octanol–water partition coefficient (Wildman–Crippen LogP) is 9.68. The third-order valence-electron chi connectivity index (χ3n) is 17.0. The van der Waals surface area contributed by atoms with Gasteiger partial charge >= 0.3 is 18.0 Å². The SMILES string of the molecule is CC(C)C1=C2C3CCC4C(C)(CCC5C(C)C(OC(=O)C6CC(C(=O)O)C6C)CCC54C)C3CCC2(NC(=O)N(CCNCCCCCl)Cc2ccc(Cl)cc2)CC1=O. The van der Waals surface area contributed by atoms with E-state index in [-0.39, 0.29) is 64.3 Å². The van der Waals surface area contributed by atoms with Crippen molar-refractivity contribution in [2.75, 3.05) is 25.5 Å². The summed E-state index contributed by atoms with van der Waals surface area (Å²) in [4.78, 5) is 55.6. The molecule has 12 unspecified atom stereocenters. The second-order valence-electron chi connectivity index (χ2n) is 20.3. The number of amides is 2. The van der Waals surface area contributed by atoms with Crippen LogP contribution in [0.15, 0.2) is 35.4 Å². The maximum absolute atomic E-state index is 14.6. The molecular weight excluding hydrogens is 785 g/mol. The van der Waals surface area contributed by atoms with Gasteiger partial charge in [-0.3, -0.25) is 14.4 Å². The average molecular weight is 855 g/mol. The second kappa shape index (κ2) is 17.6. The number of rotatable bonds is 14. The summed E-state index contributed by atoms with van der Waals surface area (Å²) in [5, 5.41) is 17.2. The highest BCUT2D eigenvalue weighted by atomic mass is 35.5. The molecular formula is C48H69Cl2N3O6. The van der Waals surface area contributed by atoms with Gasteiger partial charge in [-0.1, -0.05) is 65.3 Å². The third kappa shape index (κ3) is 8.24. The van der Waals surface area contributed by atoms with Crippen LogP contribution in [0.2, 0.25) is 5.02 Å². The summed E-state index contributed by atoms with van der Waals surface area (Å²) in [6.07, 6.45) is 10.4. The van der Waals surface area contributed by atoms with Crippen LogP contribution in [0.25, 0.3) is 0 Å². The maximum atomic E-state index is 14.6. The fraction of sp³-hybridized carbons (Fsp3) is 0.750. The van der Waals surface area contributed by atoms with Gasteiger partial charge in [0.05, 0.1) is 17.4 Å². The Bertz CT molecular complexity index is 1790. The van der Waals surface area contributed by atoms with Crippen LogP contribution in [0, 0.1) is 64.1 Å². The van der Waals surface area contributed by atoms with Crippen molar-refractivity contribution < 1.29 is 29.0 Å². The Hall–Kier alpha value is -2.62. The molecule has 0 heterocycles. The van der Waals surface area contributed by atoms with Gasteiger partial charge in [0, 0.05) is 37.0 Å². The molecule has 0 aromatic heterocycles. The molecule has 0 aliphatic heterocycles. The highest BCUT2D eigenvalue weighted by Gasteiger charge is 2.65. The van der Waals surface area contributed by atoms with Crippen LogP contribution in [0.1, 0.15) is 124 Å². The fourth-order valence-corrected chi connectivity index (χ4v) is 14.2. The summed E-state index contributed by atoms with van der Waals surface area (Å²) in [5.74, 6) is 0.779. The number of ketones is 1. The molecule has 1 aromatic rings. The number of hydrogen-bond donors (Lipinski definition) is 3. The summed E-state index contributed by atoms with van der Waals surface area (Å²) >= 11 is 12.1. The zero-order valence-corrected chi connectivity index (χ0v) is 37.8. The Morgan fingerprint density at radius 2 is 1.61 bits per heavy atom. The number of unbranched alkanes of at least 4 members (excludes halogenated alkanes) is 1. The number of nitrogens with one attached hydrogen (secondary N) is 2. The zero-order valence-electron chi connectivity index (χ0n) is 36.3. The molecule has 9 nitrogen and oxygen atoms in total. The molecule has 0 saturated heterocycles. The number of carboxylic acids is 1. The van der Waals surface area contributed by atoms with E-state index in [4.69, 9.17) is 27.9 Å². The van der Waals surface area contributed by atoms with Crippen molar-refractivity contribution in [2.24, 2.45) is 64.1 Å². The number of hydrogen-bond acceptors (Lipinski definition) is 6. The molecule has 59 heavy (non-hydrogen) atoms. The van der Waals surface area contributed by atoms with E-state index in [0.717, 1.165) is 81.9 Å². The second-order valence-corrected chi connectivity index (χ2v) is 21.2. The van der Waals surface area contributed by atoms with E-state index in [9.17, 15) is 24.3 Å². The van der Waals surface area contributed by atoms with Crippen LogP contribution in [0.5, 0.6) is 0 Å². The predicted molar refractivity (Wildman–Crippen MR) is 232 cm³/mol. The molecule has 3 N–H and O–H groups in total. The molecule has 11 heteroatoms. The lowest BCUT2D eigenvalue weighted by molar-refractivity contribution is -0.196. The highest BCUT2D eigenvalue weighted by molar-refractivity contribution is 6.30. The average Bonchev–Trinajstić information content (AvgIpc) is 3.48. The first-order valence-corrected chi connectivity index (χ1v) is 23.7. The van der Waals surface area contributed by atoms with Crippen LogP contribution in [-0.2, 0) is 25.7 Å². The fourth-order valence-electron chi connectivity index (χ4n) is 13.9. The van der Waals surface area contributed by atoms with Crippen molar-refractivity contribution in [1.29, 1.82) is 0 Å². The van der Waals surface area contributed by atoms with E-state index >= 15 is 0 Å². The topological polar surface area (TPSA) is 125 Å². The minimum atomic E-state index is -0.821. The number of fused-ring (bicyclic) bond motifs is 7. The van der Waals surface area contributed by atoms with Gasteiger partial charge in [-0.25, -0.2) is 4.79 Å². The molecule has 0 spiro atoms. The first-order valence-electron chi connectivity index (χ1n) is 22.8. The Kier molecular flexibility index (Phi) is 13.3. The van der Waals surface area contributed by atoms with Crippen molar-refractivity contribution in [3.63, 3.8) is 0 Å². The summed E-state index contributed by atoms with van der Waals surface area (Å²) in [6.45, 7) is 16.0. The van der Waals surface area contributed by atoms with Gasteiger partial charge < -0.3 is 25.4 Å². The largest absolute Gasteiger partial charge is 0.481 e. The minimum Gasteiger partial charge on any atom is -0.481 e. The van der Waals surface area contributed by atoms with Crippen molar-refractivity contribution in [1.82, 2.24) is 15.5 Å². The molecule has 0 radical (unpaired) electrons. The van der Waals surface area contributed by atoms with Crippen LogP contribution >= 0.6 is 23.2 Å². The number of esters is 1. The number of carbonyl (C=O) groups is 4. The number of nitrogens with zero attached hydrogens (tertiary/aromatic N) is 1. The first-order chi connectivity index (χ1) is 28.0. The van der Waals surface area contributed by atoms with Crippen LogP contribution in [0.4, 0.5) is 4.79 Å². The zero-order chi connectivity index (χ0) is 42.4. The van der Waals surface area contributed by atoms with Crippen molar-refractivity contribution >= 4 is 47.0 Å². The molecule has 12 atom stereocenters. The quantitative estimate of drug-likeness (QED) is 0.0968. The number of aliphatic carboxylic acids is 1. The van der Waals surface area contributed by atoms with Crippen LogP contribution in [0.3, 0.4) is 0 Å². The van der Waals surface area contributed by atoms with Gasteiger partial charge in [0.2, 0.25) is 0 Å². The Labute approximate surface area is 362 Å². The number of carboxylic acid groups (broad SMARTS) is 1. The molecule has 7 rings (SSSR count). The van der Waals surface area contributed by atoms with Crippen LogP contribution < -0.4 is 10.6 Å². The highest BCUT2D eigenvalue weighted by Crippen LogP contribution is 2.70. The van der Waals surface area contributed by atoms with Gasteiger partial charge in [0.15, 0.2) is 5.78 Å². The van der Waals surface area contributed by atoms with Gasteiger partial charge in [0.25, 0.3) is 0 Å². The molecule has 2 amide bonds. The normalized spacial score (nSPS) is 37.4. The smallest absolute Gasteiger partial charge is 0.318 e. The summed E-state index contributed by atoms with van der Waals surface area (Å²) in [7, 11) is 0. The van der Waals surface area contributed by atoms with E-state index < -0.39 is 17.4 Å². The van der Waals surface area contributed by atoms with Gasteiger partial charge in [-0.15, -0.1) is 11.6 Å². The number of alkyl halides is 1. The molecule has 6 aliphatic carbocycles. The summed E-state index contributed by atoms with van der Waals surface area (Å²) in [5.41, 5.74) is 2.73. The number of Topliss-reactive ketones (excluding diaryl/α,β-unsaturated/α-hetero) is 1. The molecule has 5 saturated carbocycles. The lowest BCUT2D eigenvalue weighted by Gasteiger charge is -2.67. The van der Waals surface area contributed by atoms with E-state index in [0.29, 0.717) is 61.1 Å². The number of ether oxygens (including phenoxy) is 1. The molecule has 0 bridgehead atoms. The Morgan fingerprint density at radius 1 is 0.915 bits per heavy atom. The van der Waals surface area contributed by atoms with Crippen molar-refractivity contribution in [3.8, 4) is 0 Å². The van der Waals surface area contributed by atoms with Crippen LogP contribution in [-0.4, -0.2) is 70.9 Å². The number of allylic oxidation sites excluding steroid dienone is 1. The lowest BCUT2D eigenvalue weighted by Crippen LogP contribution is -2.63. The van der Waals surface area contributed by atoms with Gasteiger partial charge in [-0.2, -0.15) is 0 Å². The van der Waals surface area contributed by atoms with Gasteiger partial charge in [0.1, 0.15) is 6.10 Å². The third-order valence-corrected chi connectivity index (χ3v) is 17.5. The Morgan fingerprint density at radius 3 is 2.29 bits per heavy atom. The summed E-state index contributed by atoms with van der Waals surface area (Å²) in [6, 6.07) is 7.56. The van der Waals surface area contributed by atoms with E-state index in [1.165, 1.54) is 5.57 Å². The lowest BCUT2D eigenvalue weighted by atomic mass is 9.38. The monoisotopic (exact) mass is 853 g/mol. The van der Waals surface area contributed by atoms with Crippen molar-refractivity contribution in [3.05, 3.63) is 46.0 Å². The molecule has 6 aliphatic rings. The van der Waals surface area contributed by atoms with E-state index in [2.05, 4.69) is 45.3 Å². The number of urea groups is 1. The molecule has 326 valence electrons. The number of carbonyl (C=O) groups excluding carboxylic acids is 3. The Balaban J connectivity index is 1.09. The van der Waals surface area contributed by atoms with Gasteiger partial charge in [-0.05, 0) is 158 Å². The van der Waals surface area contributed by atoms with E-state index in [1.54, 1.807) is 0 Å². The summed E-state index contributed by atoms with van der Waals surface area (Å²) < 4.78 is 6.26. The maximum Gasteiger partial charge on any atom is 0.318 e. The molecule has 5 fully saturated rings. The number of halogens is 2.